The van der Waals surface area contributed by atoms with E-state index in [4.69, 9.17) is 21.1 Å². The van der Waals surface area contributed by atoms with Crippen molar-refractivity contribution in [3.05, 3.63) is 41.3 Å². The molecule has 119 valence electrons. The maximum atomic E-state index is 11.0. The summed E-state index contributed by atoms with van der Waals surface area (Å²) in [6.45, 7) is 3.77. The molecule has 0 saturated carbocycles. The van der Waals surface area contributed by atoms with Gasteiger partial charge in [0.05, 0.1) is 12.5 Å². The molecule has 0 bridgehead atoms. The van der Waals surface area contributed by atoms with Crippen LogP contribution in [0.4, 0.5) is 0 Å². The Bertz CT molecular complexity index is 588. The Morgan fingerprint density at radius 3 is 2.41 bits per heavy atom. The SMILES string of the molecule is C[CH]C1(C)C=NC(OC)=NC1(OC)C(O)c1ccc(Cl)cc1. The Hall–Kier alpha value is -1.43. The molecule has 0 aliphatic carbocycles. The van der Waals surface area contributed by atoms with E-state index >= 15 is 0 Å². The molecule has 0 amide bonds. The second kappa shape index (κ2) is 6.36. The van der Waals surface area contributed by atoms with Gasteiger partial charge < -0.3 is 14.6 Å². The normalized spacial score (nSPS) is 29.1. The molecule has 2 rings (SSSR count). The number of nitrogens with zero attached hydrogens (tertiary/aromatic N) is 2. The van der Waals surface area contributed by atoms with E-state index in [1.165, 1.54) is 14.2 Å². The summed E-state index contributed by atoms with van der Waals surface area (Å²) in [6, 6.07) is 7.09. The molecule has 0 aromatic heterocycles. The van der Waals surface area contributed by atoms with Gasteiger partial charge in [-0.2, -0.15) is 4.99 Å². The van der Waals surface area contributed by atoms with Gasteiger partial charge in [-0.15, -0.1) is 0 Å². The van der Waals surface area contributed by atoms with Crippen LogP contribution in [0.3, 0.4) is 0 Å². The van der Waals surface area contributed by atoms with E-state index in [9.17, 15) is 5.11 Å². The number of amidine groups is 1. The highest BCUT2D eigenvalue weighted by molar-refractivity contribution is 6.30. The van der Waals surface area contributed by atoms with Crippen molar-refractivity contribution < 1.29 is 14.6 Å². The molecule has 1 aromatic rings. The standard InChI is InChI=1S/C16H20ClN2O3/c1-5-15(2)10-18-14(21-3)19-16(15,22-4)13(20)11-6-8-12(17)9-7-11/h5-10,13,20H,1-4H3. The maximum absolute atomic E-state index is 11.0. The molecule has 0 fully saturated rings. The fraction of sp³-hybridized carbons (Fsp3) is 0.438. The van der Waals surface area contributed by atoms with Gasteiger partial charge in [0.2, 0.25) is 5.72 Å². The van der Waals surface area contributed by atoms with Crippen LogP contribution in [0, 0.1) is 11.8 Å². The second-order valence-corrected chi connectivity index (χ2v) is 5.72. The molecule has 1 N–H and O–H groups in total. The quantitative estimate of drug-likeness (QED) is 0.926. The molecule has 6 heteroatoms. The predicted molar refractivity (Wildman–Crippen MR) is 87.2 cm³/mol. The van der Waals surface area contributed by atoms with Gasteiger partial charge in [0.15, 0.2) is 0 Å². The van der Waals surface area contributed by atoms with Crippen molar-refractivity contribution in [2.45, 2.75) is 25.7 Å². The average Bonchev–Trinajstić information content (AvgIpc) is 2.55. The van der Waals surface area contributed by atoms with E-state index in [1.807, 2.05) is 20.3 Å². The molecule has 22 heavy (non-hydrogen) atoms. The van der Waals surface area contributed by atoms with Crippen LogP contribution in [-0.4, -0.2) is 37.3 Å². The Balaban J connectivity index is 2.54. The largest absolute Gasteiger partial charge is 0.467 e. The molecule has 0 spiro atoms. The fourth-order valence-electron chi connectivity index (χ4n) is 2.56. The van der Waals surface area contributed by atoms with Crippen LogP contribution in [0.1, 0.15) is 25.5 Å². The molecule has 3 atom stereocenters. The minimum absolute atomic E-state index is 0.161. The Labute approximate surface area is 135 Å². The van der Waals surface area contributed by atoms with Crippen LogP contribution in [0.15, 0.2) is 34.3 Å². The maximum Gasteiger partial charge on any atom is 0.313 e. The summed E-state index contributed by atoms with van der Waals surface area (Å²) in [5.41, 5.74) is -1.33. The Morgan fingerprint density at radius 1 is 1.27 bits per heavy atom. The van der Waals surface area contributed by atoms with Crippen molar-refractivity contribution in [2.75, 3.05) is 14.2 Å². The van der Waals surface area contributed by atoms with E-state index in [0.29, 0.717) is 10.6 Å². The summed E-state index contributed by atoms with van der Waals surface area (Å²) in [7, 11) is 2.99. The number of ether oxygens (including phenoxy) is 2. The summed E-state index contributed by atoms with van der Waals surface area (Å²) in [5, 5.41) is 11.6. The molecule has 1 radical (unpaired) electrons. The summed E-state index contributed by atoms with van der Waals surface area (Å²) < 4.78 is 10.8. The van der Waals surface area contributed by atoms with Crippen LogP contribution in [0.2, 0.25) is 5.02 Å². The van der Waals surface area contributed by atoms with Gasteiger partial charge in [-0.05, 0) is 31.0 Å². The molecular weight excluding hydrogens is 304 g/mol. The Morgan fingerprint density at radius 2 is 1.91 bits per heavy atom. The summed E-state index contributed by atoms with van der Waals surface area (Å²) in [4.78, 5) is 8.60. The van der Waals surface area contributed by atoms with Crippen molar-refractivity contribution in [1.29, 1.82) is 0 Å². The first-order chi connectivity index (χ1) is 10.4. The highest BCUT2D eigenvalue weighted by atomic mass is 35.5. The van der Waals surface area contributed by atoms with Crippen LogP contribution < -0.4 is 0 Å². The van der Waals surface area contributed by atoms with Gasteiger partial charge in [0, 0.05) is 18.3 Å². The number of halogens is 1. The summed E-state index contributed by atoms with van der Waals surface area (Å²) in [5.74, 6) is 0. The average molecular weight is 324 g/mol. The third-order valence-corrected chi connectivity index (χ3v) is 4.38. The van der Waals surface area contributed by atoms with Crippen LogP contribution in [-0.2, 0) is 9.47 Å². The van der Waals surface area contributed by atoms with Gasteiger partial charge in [0.25, 0.3) is 0 Å². The molecular formula is C16H20ClN2O3. The molecule has 5 nitrogen and oxygen atoms in total. The first kappa shape index (κ1) is 16.9. The third kappa shape index (κ3) is 2.64. The van der Waals surface area contributed by atoms with E-state index in [2.05, 4.69) is 9.98 Å². The summed E-state index contributed by atoms with van der Waals surface area (Å²) in [6.07, 6.45) is 2.56. The monoisotopic (exact) mass is 323 g/mol. The van der Waals surface area contributed by atoms with Gasteiger partial charge in [0.1, 0.15) is 6.10 Å². The topological polar surface area (TPSA) is 63.4 Å². The summed E-state index contributed by atoms with van der Waals surface area (Å²) >= 11 is 5.91. The zero-order chi connectivity index (χ0) is 16.4. The molecule has 1 aliphatic rings. The molecule has 1 aromatic carbocycles. The third-order valence-electron chi connectivity index (χ3n) is 4.13. The van der Waals surface area contributed by atoms with Crippen molar-refractivity contribution in [3.8, 4) is 0 Å². The fourth-order valence-corrected chi connectivity index (χ4v) is 2.68. The Kier molecular flexibility index (Phi) is 4.90. The van der Waals surface area contributed by atoms with E-state index in [1.54, 1.807) is 30.5 Å². The number of aliphatic hydroxyl groups is 1. The zero-order valence-corrected chi connectivity index (χ0v) is 13.8. The first-order valence-corrected chi connectivity index (χ1v) is 7.28. The number of hydrogen-bond donors (Lipinski definition) is 1. The van der Waals surface area contributed by atoms with Crippen LogP contribution >= 0.6 is 11.6 Å². The minimum atomic E-state index is -1.28. The van der Waals surface area contributed by atoms with E-state index < -0.39 is 17.2 Å². The van der Waals surface area contributed by atoms with E-state index in [-0.39, 0.29) is 6.02 Å². The number of aliphatic imine (C=N–C) groups is 2. The molecule has 1 heterocycles. The van der Waals surface area contributed by atoms with Gasteiger partial charge in [-0.3, -0.25) is 0 Å². The number of benzene rings is 1. The van der Waals surface area contributed by atoms with Crippen LogP contribution in [0.5, 0.6) is 0 Å². The van der Waals surface area contributed by atoms with E-state index in [0.717, 1.165) is 0 Å². The lowest BCUT2D eigenvalue weighted by atomic mass is 9.72. The lowest BCUT2D eigenvalue weighted by Gasteiger charge is -2.46. The smallest absolute Gasteiger partial charge is 0.313 e. The lowest BCUT2D eigenvalue weighted by Crippen LogP contribution is -2.54. The van der Waals surface area contributed by atoms with Gasteiger partial charge in [-0.25, -0.2) is 4.99 Å². The number of methoxy groups -OCH3 is 2. The van der Waals surface area contributed by atoms with Crippen LogP contribution in [0.25, 0.3) is 0 Å². The molecule has 1 aliphatic heterocycles. The van der Waals surface area contributed by atoms with Gasteiger partial charge in [-0.1, -0.05) is 30.7 Å². The zero-order valence-electron chi connectivity index (χ0n) is 13.1. The highest BCUT2D eigenvalue weighted by Crippen LogP contribution is 2.47. The number of aliphatic hydroxyl groups excluding tert-OH is 1. The van der Waals surface area contributed by atoms with Crippen molar-refractivity contribution >= 4 is 23.8 Å². The predicted octanol–water partition coefficient (Wildman–Crippen LogP) is 3.03. The lowest BCUT2D eigenvalue weighted by molar-refractivity contribution is -0.142. The number of rotatable bonds is 4. The van der Waals surface area contributed by atoms with Gasteiger partial charge >= 0.3 is 6.02 Å². The van der Waals surface area contributed by atoms with Crippen molar-refractivity contribution in [2.24, 2.45) is 15.4 Å². The second-order valence-electron chi connectivity index (χ2n) is 5.28. The minimum Gasteiger partial charge on any atom is -0.467 e. The van der Waals surface area contributed by atoms with Crippen molar-refractivity contribution in [1.82, 2.24) is 0 Å². The number of hydrogen-bond acceptors (Lipinski definition) is 5. The van der Waals surface area contributed by atoms with Crippen molar-refractivity contribution in [3.63, 3.8) is 0 Å². The molecule has 3 unspecified atom stereocenters. The highest BCUT2D eigenvalue weighted by Gasteiger charge is 2.55. The first-order valence-electron chi connectivity index (χ1n) is 6.90. The molecule has 0 saturated heterocycles.